The van der Waals surface area contributed by atoms with E-state index >= 15 is 0 Å². The molecule has 4 heteroatoms. The van der Waals surface area contributed by atoms with Gasteiger partial charge >= 0.3 is 0 Å². The molecule has 0 bridgehead atoms. The largest absolute Gasteiger partial charge is 0.872 e. The highest BCUT2D eigenvalue weighted by molar-refractivity contribution is 5.17. The third-order valence-corrected chi connectivity index (χ3v) is 1.44. The third-order valence-electron chi connectivity index (χ3n) is 1.44. The summed E-state index contributed by atoms with van der Waals surface area (Å²) in [5, 5.41) is 18.3. The van der Waals surface area contributed by atoms with E-state index in [-0.39, 0.29) is 12.4 Å². The fraction of sp³-hybridized carbons (Fsp3) is 0.500. The van der Waals surface area contributed by atoms with Gasteiger partial charge in [-0.3, -0.25) is 0 Å². The van der Waals surface area contributed by atoms with Crippen LogP contribution in [0.1, 0.15) is 19.8 Å². The highest BCUT2D eigenvalue weighted by atomic mass is 16.3. The zero-order valence-corrected chi connectivity index (χ0v) is 10.1. The Kier molecular flexibility index (Phi) is 17.7. The van der Waals surface area contributed by atoms with Crippen molar-refractivity contribution in [2.75, 3.05) is 19.7 Å². The molecule has 0 radical (unpaired) electrons. The Morgan fingerprint density at radius 3 is 1.94 bits per heavy atom. The monoisotopic (exact) mass is 228 g/mol. The number of hydrogen-bond acceptors (Lipinski definition) is 3. The molecule has 0 amide bonds. The van der Waals surface area contributed by atoms with Gasteiger partial charge in [0.05, 0.1) is 6.54 Å². The molecule has 0 aromatic heterocycles. The summed E-state index contributed by atoms with van der Waals surface area (Å²) in [6.07, 6.45) is 1.93. The first kappa shape index (κ1) is 17.3. The summed E-state index contributed by atoms with van der Waals surface area (Å²) in [6.45, 7) is 4.00. The summed E-state index contributed by atoms with van der Waals surface area (Å²) in [7, 11) is 0. The number of rotatable bonds is 3. The number of benzene rings is 1. The minimum atomic E-state index is 0.0718. The second kappa shape index (κ2) is 16.3. The summed E-state index contributed by atoms with van der Waals surface area (Å²) >= 11 is 0. The molecule has 0 aliphatic carbocycles. The fourth-order valence-corrected chi connectivity index (χ4v) is 0.532. The van der Waals surface area contributed by atoms with Gasteiger partial charge in [-0.05, 0) is 13.0 Å². The second-order valence-electron chi connectivity index (χ2n) is 3.03. The van der Waals surface area contributed by atoms with Crippen molar-refractivity contribution in [2.24, 2.45) is 5.73 Å². The van der Waals surface area contributed by atoms with Crippen LogP contribution in [0.15, 0.2) is 30.3 Å². The van der Waals surface area contributed by atoms with Gasteiger partial charge in [-0.2, -0.15) is 0 Å². The van der Waals surface area contributed by atoms with E-state index in [2.05, 4.69) is 12.7 Å². The maximum absolute atomic E-state index is 10.3. The molecule has 4 nitrogen and oxygen atoms in total. The van der Waals surface area contributed by atoms with Gasteiger partial charge in [-0.1, -0.05) is 37.3 Å². The first-order valence-electron chi connectivity index (χ1n) is 5.55. The highest BCUT2D eigenvalue weighted by Gasteiger charge is 1.72. The smallest absolute Gasteiger partial charge is 0.0762 e. The topological polar surface area (TPSA) is 97.0 Å². The van der Waals surface area contributed by atoms with Gasteiger partial charge in [0.25, 0.3) is 0 Å². The van der Waals surface area contributed by atoms with E-state index in [1.165, 1.54) is 12.1 Å². The molecule has 0 aliphatic heterocycles. The van der Waals surface area contributed by atoms with Crippen molar-refractivity contribution >= 4 is 0 Å². The van der Waals surface area contributed by atoms with Crippen molar-refractivity contribution in [3.8, 4) is 5.75 Å². The molecule has 6 N–H and O–H groups in total. The predicted octanol–water partition coefficient (Wildman–Crippen LogP) is -0.274. The van der Waals surface area contributed by atoms with Crippen molar-refractivity contribution in [2.45, 2.75) is 19.8 Å². The van der Waals surface area contributed by atoms with Crippen LogP contribution in [0.4, 0.5) is 0 Å². The van der Waals surface area contributed by atoms with Crippen molar-refractivity contribution in [1.82, 2.24) is 0 Å². The Balaban J connectivity index is 0. The van der Waals surface area contributed by atoms with E-state index in [0.717, 1.165) is 25.9 Å². The van der Waals surface area contributed by atoms with Crippen molar-refractivity contribution in [3.63, 3.8) is 0 Å². The Morgan fingerprint density at radius 1 is 1.31 bits per heavy atom. The first-order valence-corrected chi connectivity index (χ1v) is 5.55. The average Bonchev–Trinajstić information content (AvgIpc) is 2.32. The van der Waals surface area contributed by atoms with Crippen LogP contribution >= 0.6 is 0 Å². The number of aliphatic hydroxyl groups is 1. The van der Waals surface area contributed by atoms with Gasteiger partial charge in [0, 0.05) is 13.0 Å². The molecule has 1 aromatic rings. The van der Waals surface area contributed by atoms with Gasteiger partial charge in [-0.15, -0.1) is 5.75 Å². The Labute approximate surface area is 97.9 Å². The lowest BCUT2D eigenvalue weighted by Gasteiger charge is -1.98. The minimum Gasteiger partial charge on any atom is -0.872 e. The van der Waals surface area contributed by atoms with Crippen LogP contribution in [0, 0.1) is 0 Å². The predicted molar refractivity (Wildman–Crippen MR) is 64.7 cm³/mol. The van der Waals surface area contributed by atoms with Crippen LogP contribution in [-0.4, -0.2) is 24.8 Å². The summed E-state index contributed by atoms with van der Waals surface area (Å²) in [6, 6.07) is 8.33. The van der Waals surface area contributed by atoms with E-state index in [1.807, 2.05) is 6.07 Å². The van der Waals surface area contributed by atoms with Gasteiger partial charge in [0.2, 0.25) is 0 Å². The number of nitrogens with two attached hydrogens (primary N) is 1. The number of para-hydroxylation sites is 1. The molecule has 0 heterocycles. The van der Waals surface area contributed by atoms with Crippen LogP contribution in [0.2, 0.25) is 0 Å². The Morgan fingerprint density at radius 2 is 1.81 bits per heavy atom. The Bertz CT molecular complexity index is 201. The molecule has 1 aromatic carbocycles. The molecule has 0 saturated heterocycles. The molecule has 16 heavy (non-hydrogen) atoms. The summed E-state index contributed by atoms with van der Waals surface area (Å²) in [5.41, 5.74) is 8.54. The van der Waals surface area contributed by atoms with Crippen LogP contribution in [-0.2, 0) is 0 Å². The van der Waals surface area contributed by atoms with Crippen LogP contribution < -0.4 is 16.6 Å². The van der Waals surface area contributed by atoms with Crippen molar-refractivity contribution in [1.29, 1.82) is 0 Å². The molecule has 0 atom stereocenters. The molecule has 0 fully saturated rings. The molecule has 0 unspecified atom stereocenters. The molecule has 0 aliphatic rings. The van der Waals surface area contributed by atoms with E-state index in [4.69, 9.17) is 10.8 Å². The maximum Gasteiger partial charge on any atom is 0.0762 e. The quantitative estimate of drug-likeness (QED) is 0.664. The summed E-state index contributed by atoms with van der Waals surface area (Å²) in [4.78, 5) is 0. The number of quaternary nitrogens is 1. The molecular formula is C12H24N2O2. The zero-order chi connectivity index (χ0) is 12.6. The molecule has 1 rings (SSSR count). The highest BCUT2D eigenvalue weighted by Crippen LogP contribution is 1.98. The molecule has 0 spiro atoms. The summed E-state index contributed by atoms with van der Waals surface area (Å²) < 4.78 is 0. The van der Waals surface area contributed by atoms with Crippen molar-refractivity contribution < 1.29 is 15.9 Å². The Hall–Kier alpha value is -1.10. The lowest BCUT2D eigenvalue weighted by atomic mass is 10.3. The van der Waals surface area contributed by atoms with Crippen LogP contribution in [0.5, 0.6) is 5.75 Å². The first-order chi connectivity index (χ1) is 7.72. The SMILES string of the molecule is CCCN.[NH3+]CCCO.[O-]c1ccccc1. The zero-order valence-electron chi connectivity index (χ0n) is 10.1. The van der Waals surface area contributed by atoms with E-state index in [0.29, 0.717) is 0 Å². The molecule has 94 valence electrons. The fourth-order valence-electron chi connectivity index (χ4n) is 0.532. The van der Waals surface area contributed by atoms with Crippen LogP contribution in [0.25, 0.3) is 0 Å². The van der Waals surface area contributed by atoms with Crippen molar-refractivity contribution in [3.05, 3.63) is 30.3 Å². The maximum atomic E-state index is 10.3. The third kappa shape index (κ3) is 18.6. The summed E-state index contributed by atoms with van der Waals surface area (Å²) in [5.74, 6) is 0.0718. The average molecular weight is 228 g/mol. The van der Waals surface area contributed by atoms with E-state index in [9.17, 15) is 5.11 Å². The normalized spacial score (nSPS) is 8.25. The lowest BCUT2D eigenvalue weighted by molar-refractivity contribution is -0.369. The van der Waals surface area contributed by atoms with E-state index < -0.39 is 0 Å². The van der Waals surface area contributed by atoms with Gasteiger partial charge in [0.15, 0.2) is 0 Å². The molecule has 0 saturated carbocycles. The number of hydrogen-bond donors (Lipinski definition) is 3. The molecular weight excluding hydrogens is 204 g/mol. The van der Waals surface area contributed by atoms with Gasteiger partial charge < -0.3 is 21.7 Å². The van der Waals surface area contributed by atoms with Crippen LogP contribution in [0.3, 0.4) is 0 Å². The number of aliphatic hydroxyl groups excluding tert-OH is 1. The minimum absolute atomic E-state index is 0.0718. The van der Waals surface area contributed by atoms with Gasteiger partial charge in [-0.25, -0.2) is 0 Å². The standard InChI is InChI=1S/C6H6O.C3H9NO.C3H9N/c7-6-4-2-1-3-5-6;4-2-1-3-5;1-2-3-4/h1-5,7H;5H,1-4H2;2-4H2,1H3. The van der Waals surface area contributed by atoms with E-state index in [1.54, 1.807) is 12.1 Å². The van der Waals surface area contributed by atoms with Gasteiger partial charge in [0.1, 0.15) is 0 Å². The lowest BCUT2D eigenvalue weighted by Crippen LogP contribution is -2.50. The second-order valence-corrected chi connectivity index (χ2v) is 3.03.